The van der Waals surface area contributed by atoms with Gasteiger partial charge in [-0.2, -0.15) is 5.26 Å². The largest absolute Gasteiger partial charge is 0.383 e. The first-order valence-corrected chi connectivity index (χ1v) is 10.4. The first kappa shape index (κ1) is 20.8. The third kappa shape index (κ3) is 3.80. The van der Waals surface area contributed by atoms with E-state index in [1.165, 1.54) is 18.5 Å². The minimum atomic E-state index is -0.331. The molecule has 164 valence electrons. The van der Waals surface area contributed by atoms with Gasteiger partial charge in [0.15, 0.2) is 11.5 Å². The van der Waals surface area contributed by atoms with Gasteiger partial charge < -0.3 is 11.1 Å². The van der Waals surface area contributed by atoms with Crippen LogP contribution >= 0.6 is 0 Å². The van der Waals surface area contributed by atoms with Crippen LogP contribution in [0.4, 0.5) is 5.82 Å². The van der Waals surface area contributed by atoms with E-state index in [0.29, 0.717) is 35.0 Å². The number of hydrogen-bond donors (Lipinski definition) is 2. The van der Waals surface area contributed by atoms with Crippen LogP contribution in [0.5, 0.6) is 0 Å². The highest BCUT2D eigenvalue weighted by Gasteiger charge is 2.17. The number of imidazole rings is 1. The lowest BCUT2D eigenvalue weighted by molar-refractivity contribution is 0.0950. The highest BCUT2D eigenvalue weighted by molar-refractivity contribution is 5.96. The summed E-state index contributed by atoms with van der Waals surface area (Å²) in [4.78, 5) is 29.8. The maximum Gasteiger partial charge on any atom is 0.253 e. The molecule has 3 N–H and O–H groups in total. The number of nitrogens with zero attached hydrogens (tertiary/aromatic N) is 6. The number of pyridine rings is 3. The highest BCUT2D eigenvalue weighted by atomic mass is 16.1. The van der Waals surface area contributed by atoms with Gasteiger partial charge in [0.2, 0.25) is 0 Å². The number of nitrogen functional groups attached to an aromatic ring is 1. The first-order chi connectivity index (χ1) is 16.7. The Balaban J connectivity index is 1.45. The van der Waals surface area contributed by atoms with Gasteiger partial charge in [0.1, 0.15) is 17.4 Å². The molecule has 0 unspecified atom stereocenters. The van der Waals surface area contributed by atoms with Crippen molar-refractivity contribution in [2.24, 2.45) is 0 Å². The molecule has 5 rings (SSSR count). The Morgan fingerprint density at radius 2 is 1.82 bits per heavy atom. The van der Waals surface area contributed by atoms with Crippen LogP contribution < -0.4 is 11.1 Å². The molecule has 1 aromatic carbocycles. The average molecular weight is 446 g/mol. The van der Waals surface area contributed by atoms with Crippen molar-refractivity contribution in [3.05, 3.63) is 96.1 Å². The molecule has 0 radical (unpaired) electrons. The molecular formula is C25H18N8O. The smallest absolute Gasteiger partial charge is 0.253 e. The molecule has 0 saturated carbocycles. The molecule has 9 nitrogen and oxygen atoms in total. The number of rotatable bonds is 5. The van der Waals surface area contributed by atoms with Crippen LogP contribution in [0.15, 0.2) is 79.4 Å². The van der Waals surface area contributed by atoms with Crippen LogP contribution in [-0.4, -0.2) is 30.4 Å². The number of carbonyl (C=O) groups excluding carboxylic acids is 1. The van der Waals surface area contributed by atoms with E-state index in [2.05, 4.69) is 20.3 Å². The van der Waals surface area contributed by atoms with Gasteiger partial charge in [0, 0.05) is 37.0 Å². The molecule has 0 saturated heterocycles. The predicted molar refractivity (Wildman–Crippen MR) is 127 cm³/mol. The van der Waals surface area contributed by atoms with E-state index in [1.807, 2.05) is 59.2 Å². The molecule has 0 aliphatic rings. The molecule has 0 spiro atoms. The second-order valence-corrected chi connectivity index (χ2v) is 7.44. The molecule has 0 fully saturated rings. The third-order valence-electron chi connectivity index (χ3n) is 5.33. The minimum absolute atomic E-state index is 0.233. The molecule has 5 aromatic rings. The number of nitrogens with two attached hydrogens (primary N) is 1. The topological polar surface area (TPSA) is 135 Å². The van der Waals surface area contributed by atoms with Gasteiger partial charge in [0.25, 0.3) is 5.91 Å². The molecule has 0 aliphatic carbocycles. The fourth-order valence-corrected chi connectivity index (χ4v) is 3.67. The number of nitrogens with one attached hydrogen (secondary N) is 1. The van der Waals surface area contributed by atoms with Crippen LogP contribution in [0.2, 0.25) is 0 Å². The van der Waals surface area contributed by atoms with E-state index >= 15 is 0 Å². The number of nitriles is 1. The van der Waals surface area contributed by atoms with E-state index in [0.717, 1.165) is 16.8 Å². The van der Waals surface area contributed by atoms with Crippen LogP contribution in [-0.2, 0) is 6.54 Å². The number of hydrogen-bond acceptors (Lipinski definition) is 7. The van der Waals surface area contributed by atoms with Crippen LogP contribution in [0.3, 0.4) is 0 Å². The maximum absolute atomic E-state index is 12.5. The van der Waals surface area contributed by atoms with E-state index < -0.39 is 0 Å². The molecule has 4 heterocycles. The van der Waals surface area contributed by atoms with Crippen molar-refractivity contribution in [2.75, 3.05) is 5.73 Å². The number of carbonyl (C=O) groups is 1. The first-order valence-electron chi connectivity index (χ1n) is 10.4. The fourth-order valence-electron chi connectivity index (χ4n) is 3.67. The van der Waals surface area contributed by atoms with E-state index in [9.17, 15) is 10.1 Å². The monoisotopic (exact) mass is 446 g/mol. The average Bonchev–Trinajstić information content (AvgIpc) is 3.27. The summed E-state index contributed by atoms with van der Waals surface area (Å²) < 4.78 is 1.93. The van der Waals surface area contributed by atoms with Gasteiger partial charge in [-0.05, 0) is 48.0 Å². The number of anilines is 1. The molecule has 9 heteroatoms. The molecule has 0 aliphatic heterocycles. The predicted octanol–water partition coefficient (Wildman–Crippen LogP) is 3.26. The fraction of sp³-hybridized carbons (Fsp3) is 0.0400. The summed E-state index contributed by atoms with van der Waals surface area (Å²) in [6.45, 7) is 0.303. The SMILES string of the molecule is N#Cc1cnccc1C(=O)NCc1ccc(-n2c(-c3cccnc3N)nc3cccnc32)cc1. The van der Waals surface area contributed by atoms with Crippen LogP contribution in [0, 0.1) is 11.3 Å². The maximum atomic E-state index is 12.5. The number of benzene rings is 1. The van der Waals surface area contributed by atoms with Gasteiger partial charge in [0.05, 0.1) is 16.7 Å². The Hall–Kier alpha value is -5.10. The molecule has 0 bridgehead atoms. The van der Waals surface area contributed by atoms with Crippen LogP contribution in [0.1, 0.15) is 21.5 Å². The van der Waals surface area contributed by atoms with Crippen molar-refractivity contribution in [2.45, 2.75) is 6.54 Å². The Morgan fingerprint density at radius 1 is 1.03 bits per heavy atom. The van der Waals surface area contributed by atoms with Gasteiger partial charge in [-0.1, -0.05) is 12.1 Å². The normalized spacial score (nSPS) is 10.7. The second kappa shape index (κ2) is 8.80. The molecule has 0 atom stereocenters. The zero-order valence-corrected chi connectivity index (χ0v) is 17.9. The number of amides is 1. The van der Waals surface area contributed by atoms with Crippen LogP contribution in [0.25, 0.3) is 28.2 Å². The number of fused-ring (bicyclic) bond motifs is 1. The summed E-state index contributed by atoms with van der Waals surface area (Å²) in [7, 11) is 0. The lowest BCUT2D eigenvalue weighted by atomic mass is 10.1. The van der Waals surface area contributed by atoms with Gasteiger partial charge in [-0.25, -0.2) is 15.0 Å². The molecular weight excluding hydrogens is 428 g/mol. The Bertz CT molecular complexity index is 1550. The lowest BCUT2D eigenvalue weighted by Gasteiger charge is -2.11. The summed E-state index contributed by atoms with van der Waals surface area (Å²) in [6, 6.07) is 18.6. The molecule has 1 amide bonds. The molecule has 4 aromatic heterocycles. The summed E-state index contributed by atoms with van der Waals surface area (Å²) in [5.41, 5.74) is 10.5. The van der Waals surface area contributed by atoms with Gasteiger partial charge in [-0.15, -0.1) is 0 Å². The van der Waals surface area contributed by atoms with Gasteiger partial charge in [-0.3, -0.25) is 14.3 Å². The summed E-state index contributed by atoms with van der Waals surface area (Å²) in [5, 5.41) is 12.0. The quantitative estimate of drug-likeness (QED) is 0.423. The van der Waals surface area contributed by atoms with Crippen molar-refractivity contribution in [3.63, 3.8) is 0 Å². The standard InChI is InChI=1S/C25H18N8O/c26-13-17-15-28-12-9-19(17)25(34)31-14-16-5-7-18(8-6-16)33-23(20-3-1-10-29-22(20)27)32-21-4-2-11-30-24(21)33/h1-12,15H,14H2,(H2,27,29)(H,31,34). The number of aromatic nitrogens is 5. The van der Waals surface area contributed by atoms with E-state index in [4.69, 9.17) is 10.7 Å². The van der Waals surface area contributed by atoms with E-state index in [-0.39, 0.29) is 11.5 Å². The third-order valence-corrected chi connectivity index (χ3v) is 5.33. The summed E-state index contributed by atoms with van der Waals surface area (Å²) in [5.74, 6) is 0.690. The van der Waals surface area contributed by atoms with Crippen molar-refractivity contribution < 1.29 is 4.79 Å². The Morgan fingerprint density at radius 3 is 2.62 bits per heavy atom. The molecule has 34 heavy (non-hydrogen) atoms. The highest BCUT2D eigenvalue weighted by Crippen LogP contribution is 2.30. The summed E-state index contributed by atoms with van der Waals surface area (Å²) >= 11 is 0. The summed E-state index contributed by atoms with van der Waals surface area (Å²) in [6.07, 6.45) is 6.22. The van der Waals surface area contributed by atoms with Crippen molar-refractivity contribution in [1.82, 2.24) is 29.8 Å². The van der Waals surface area contributed by atoms with Crippen molar-refractivity contribution in [3.8, 4) is 23.1 Å². The zero-order valence-electron chi connectivity index (χ0n) is 17.9. The van der Waals surface area contributed by atoms with Gasteiger partial charge >= 0.3 is 0 Å². The Kier molecular flexibility index (Phi) is 5.38. The van der Waals surface area contributed by atoms with Crippen molar-refractivity contribution in [1.29, 1.82) is 5.26 Å². The second-order valence-electron chi connectivity index (χ2n) is 7.44. The minimum Gasteiger partial charge on any atom is -0.383 e. The van der Waals surface area contributed by atoms with Crippen molar-refractivity contribution >= 4 is 22.9 Å². The zero-order chi connectivity index (χ0) is 23.5. The lowest BCUT2D eigenvalue weighted by Crippen LogP contribution is -2.23. The Labute approximate surface area is 194 Å². The van der Waals surface area contributed by atoms with E-state index in [1.54, 1.807) is 12.4 Å².